The lowest BCUT2D eigenvalue weighted by atomic mass is 9.98. The Labute approximate surface area is 89.0 Å². The molecular weight excluding hydrogens is 234 g/mol. The zero-order valence-electron chi connectivity index (χ0n) is 7.98. The minimum Gasteiger partial charge on any atom is -1.00 e. The summed E-state index contributed by atoms with van der Waals surface area (Å²) in [5, 5.41) is 9.90. The van der Waals surface area contributed by atoms with Crippen molar-refractivity contribution in [3.8, 4) is 0 Å². The maximum absolute atomic E-state index is 9.90. The number of aliphatic hydroxyl groups excluding tert-OH is 1. The zero-order valence-corrected chi connectivity index (χ0v) is 9.57. The molecule has 5 atom stereocenters. The van der Waals surface area contributed by atoms with Gasteiger partial charge in [0.25, 0.3) is 0 Å². The first-order valence-corrected chi connectivity index (χ1v) is 4.77. The molecule has 0 aromatic rings. The lowest BCUT2D eigenvalue weighted by molar-refractivity contribution is -0.930. The van der Waals surface area contributed by atoms with Crippen LogP contribution in [0.25, 0.3) is 0 Å². The average Bonchev–Trinajstić information content (AvgIpc) is 2.39. The van der Waals surface area contributed by atoms with Crippen LogP contribution in [0.4, 0.5) is 0 Å². The molecule has 0 unspecified atom stereocenters. The third-order valence-corrected chi connectivity index (χ3v) is 4.18. The fourth-order valence-corrected chi connectivity index (χ4v) is 3.42. The molecule has 4 bridgehead atoms. The van der Waals surface area contributed by atoms with Crippen molar-refractivity contribution in [2.45, 2.75) is 43.2 Å². The van der Waals surface area contributed by atoms with Gasteiger partial charge >= 0.3 is 0 Å². The van der Waals surface area contributed by atoms with Crippen LogP contribution in [0.5, 0.6) is 0 Å². The van der Waals surface area contributed by atoms with Gasteiger partial charge in [-0.3, -0.25) is 0 Å². The van der Waals surface area contributed by atoms with Crippen LogP contribution in [0.15, 0.2) is 0 Å². The van der Waals surface area contributed by atoms with Crippen molar-refractivity contribution in [1.29, 1.82) is 0 Å². The average molecular weight is 250 g/mol. The van der Waals surface area contributed by atoms with Crippen LogP contribution in [-0.4, -0.2) is 54.1 Å². The van der Waals surface area contributed by atoms with E-state index in [1.807, 2.05) is 0 Å². The predicted molar refractivity (Wildman–Crippen MR) is 43.6 cm³/mol. The standard InChI is InChI=1S/C9H16NO2.BrH/c1-10(2)6-3-5-4-7(10)9(12-5)8(6)11;/h5-9,11H,3-4H2,1-2H3;1H/q+1;/p-1/t5-,6-,7+,8-,9-;/m1./s1. The van der Waals surface area contributed by atoms with Crippen molar-refractivity contribution in [3.63, 3.8) is 0 Å². The summed E-state index contributed by atoms with van der Waals surface area (Å²) in [5.41, 5.74) is 0. The molecule has 3 nitrogen and oxygen atoms in total. The summed E-state index contributed by atoms with van der Waals surface area (Å²) in [7, 11) is 4.45. The van der Waals surface area contributed by atoms with E-state index in [1.54, 1.807) is 0 Å². The van der Waals surface area contributed by atoms with Crippen molar-refractivity contribution < 1.29 is 31.3 Å². The molecule has 4 heterocycles. The Hall–Kier alpha value is 0.360. The Morgan fingerprint density at radius 1 is 1.23 bits per heavy atom. The number of halogens is 1. The van der Waals surface area contributed by atoms with E-state index in [-0.39, 0.29) is 29.2 Å². The molecule has 0 saturated carbocycles. The van der Waals surface area contributed by atoms with E-state index in [1.165, 1.54) is 0 Å². The number of rotatable bonds is 0. The summed E-state index contributed by atoms with van der Waals surface area (Å²) in [6.45, 7) is 0. The van der Waals surface area contributed by atoms with Gasteiger partial charge in [0.05, 0.1) is 20.2 Å². The number of likely N-dealkylation sites (N-methyl/N-ethyl adjacent to an activating group) is 1. The highest BCUT2D eigenvalue weighted by Gasteiger charge is 2.66. The lowest BCUT2D eigenvalue weighted by Crippen LogP contribution is -3.00. The number of hydrogen-bond acceptors (Lipinski definition) is 2. The molecule has 1 N–H and O–H groups in total. The minimum absolute atomic E-state index is 0. The molecule has 0 spiro atoms. The molecule has 0 aromatic carbocycles. The van der Waals surface area contributed by atoms with E-state index in [9.17, 15) is 5.11 Å². The molecule has 4 aliphatic heterocycles. The second kappa shape index (κ2) is 2.69. The van der Waals surface area contributed by atoms with Gasteiger partial charge in [-0.15, -0.1) is 0 Å². The Morgan fingerprint density at radius 2 is 1.85 bits per heavy atom. The second-order valence-electron chi connectivity index (χ2n) is 4.95. The highest BCUT2D eigenvalue weighted by atomic mass is 79.9. The Balaban J connectivity index is 0.000000653. The maximum Gasteiger partial charge on any atom is 0.141 e. The number of aliphatic hydroxyl groups is 1. The summed E-state index contributed by atoms with van der Waals surface area (Å²) in [4.78, 5) is 0. The Kier molecular flexibility index (Phi) is 2.05. The topological polar surface area (TPSA) is 29.5 Å². The SMILES string of the molecule is C[N+]1(C)[C@@H]2C[C@@H]3C[C@H]1[C@@H](O3)[C@@H]2O.[Br-]. The van der Waals surface area contributed by atoms with Gasteiger partial charge in [-0.2, -0.15) is 0 Å². The monoisotopic (exact) mass is 249 g/mol. The molecule has 13 heavy (non-hydrogen) atoms. The largest absolute Gasteiger partial charge is 1.00 e. The van der Waals surface area contributed by atoms with Gasteiger partial charge < -0.3 is 31.3 Å². The summed E-state index contributed by atoms with van der Waals surface area (Å²) < 4.78 is 6.71. The van der Waals surface area contributed by atoms with Gasteiger partial charge in [0.2, 0.25) is 0 Å². The van der Waals surface area contributed by atoms with E-state index in [2.05, 4.69) is 14.1 Å². The number of nitrogens with zero attached hydrogens (tertiary/aromatic N) is 1. The molecule has 0 amide bonds. The fourth-order valence-electron chi connectivity index (χ4n) is 3.42. The summed E-state index contributed by atoms with van der Waals surface area (Å²) in [6.07, 6.45) is 2.61. The Morgan fingerprint density at radius 3 is 2.38 bits per heavy atom. The van der Waals surface area contributed by atoms with Crippen LogP contribution in [-0.2, 0) is 4.74 Å². The molecule has 0 aromatic heterocycles. The normalized spacial score (nSPS) is 55.2. The summed E-state index contributed by atoms with van der Waals surface area (Å²) in [5.74, 6) is 0. The van der Waals surface area contributed by atoms with Crippen LogP contribution in [0.1, 0.15) is 12.8 Å². The van der Waals surface area contributed by atoms with Crippen molar-refractivity contribution in [2.75, 3.05) is 14.1 Å². The maximum atomic E-state index is 9.90. The van der Waals surface area contributed by atoms with Gasteiger partial charge in [-0.1, -0.05) is 0 Å². The summed E-state index contributed by atoms with van der Waals surface area (Å²) >= 11 is 0. The van der Waals surface area contributed by atoms with Crippen LogP contribution in [0.2, 0.25) is 0 Å². The quantitative estimate of drug-likeness (QED) is 0.457. The van der Waals surface area contributed by atoms with Gasteiger partial charge in [0.15, 0.2) is 0 Å². The summed E-state index contributed by atoms with van der Waals surface area (Å²) in [6, 6.07) is 0.997. The van der Waals surface area contributed by atoms with Crippen LogP contribution in [0, 0.1) is 0 Å². The molecule has 0 aliphatic carbocycles. The first-order valence-electron chi connectivity index (χ1n) is 4.77. The molecule has 4 saturated heterocycles. The van der Waals surface area contributed by atoms with Crippen molar-refractivity contribution in [2.24, 2.45) is 0 Å². The fraction of sp³-hybridized carbons (Fsp3) is 1.00. The molecule has 4 heteroatoms. The number of quaternary nitrogens is 1. The minimum atomic E-state index is -0.205. The van der Waals surface area contributed by atoms with Crippen LogP contribution >= 0.6 is 0 Å². The van der Waals surface area contributed by atoms with E-state index in [0.29, 0.717) is 18.2 Å². The zero-order chi connectivity index (χ0) is 8.51. The first kappa shape index (κ1) is 9.90. The second-order valence-corrected chi connectivity index (χ2v) is 4.95. The molecule has 4 fully saturated rings. The number of ether oxygens (including phenoxy) is 1. The molecule has 4 rings (SSSR count). The van der Waals surface area contributed by atoms with Gasteiger partial charge in [0, 0.05) is 12.8 Å². The van der Waals surface area contributed by atoms with Crippen molar-refractivity contribution in [1.82, 2.24) is 0 Å². The van der Waals surface area contributed by atoms with Gasteiger partial charge in [-0.05, 0) is 0 Å². The third-order valence-electron chi connectivity index (χ3n) is 4.18. The highest BCUT2D eigenvalue weighted by Crippen LogP contribution is 2.48. The third kappa shape index (κ3) is 1.00. The molecular formula is C9H16BrNO2. The van der Waals surface area contributed by atoms with Crippen LogP contribution in [0.3, 0.4) is 0 Å². The van der Waals surface area contributed by atoms with Crippen LogP contribution < -0.4 is 17.0 Å². The van der Waals surface area contributed by atoms with Gasteiger partial charge in [0.1, 0.15) is 24.3 Å². The predicted octanol–water partition coefficient (Wildman–Crippen LogP) is -3.26. The van der Waals surface area contributed by atoms with E-state index in [0.717, 1.165) is 17.3 Å². The van der Waals surface area contributed by atoms with Gasteiger partial charge in [-0.25, -0.2) is 0 Å². The smallest absolute Gasteiger partial charge is 0.141 e. The first-order chi connectivity index (χ1) is 5.60. The Bertz CT molecular complexity index is 230. The van der Waals surface area contributed by atoms with Crippen molar-refractivity contribution in [3.05, 3.63) is 0 Å². The number of hydrogen-bond donors (Lipinski definition) is 1. The van der Waals surface area contributed by atoms with E-state index in [4.69, 9.17) is 4.74 Å². The van der Waals surface area contributed by atoms with E-state index >= 15 is 0 Å². The van der Waals surface area contributed by atoms with E-state index < -0.39 is 0 Å². The van der Waals surface area contributed by atoms with Crippen molar-refractivity contribution >= 4 is 0 Å². The molecule has 76 valence electrons. The molecule has 0 radical (unpaired) electrons. The highest BCUT2D eigenvalue weighted by molar-refractivity contribution is 5.04. The lowest BCUT2D eigenvalue weighted by Gasteiger charge is -2.41. The molecule has 4 aliphatic rings. The number of piperidine rings is 1.